The predicted octanol–water partition coefficient (Wildman–Crippen LogP) is 4.38. The lowest BCUT2D eigenvalue weighted by Gasteiger charge is -2.27. The molecular weight excluding hydrogens is 400 g/mol. The summed E-state index contributed by atoms with van der Waals surface area (Å²) in [5, 5.41) is 29.8. The minimum Gasteiger partial charge on any atom is -0.508 e. The van der Waals surface area contributed by atoms with Gasteiger partial charge in [-0.15, -0.1) is 0 Å². The van der Waals surface area contributed by atoms with Crippen LogP contribution in [-0.4, -0.2) is 35.0 Å². The SMILES string of the molecule is CCO[C@@H](CC/C=C/C(=O)O)[C@@H](OC(=O)Nc1ccc(C#N)cc1)c1ccc(O)cc1. The first-order valence-corrected chi connectivity index (χ1v) is 9.70. The number of nitrogens with one attached hydrogen (secondary N) is 1. The van der Waals surface area contributed by atoms with E-state index in [0.29, 0.717) is 36.3 Å². The molecular formula is C23H24N2O6. The van der Waals surface area contributed by atoms with Crippen LogP contribution in [0.5, 0.6) is 5.75 Å². The third-order valence-corrected chi connectivity index (χ3v) is 4.31. The molecule has 3 N–H and O–H groups in total. The van der Waals surface area contributed by atoms with Crippen LogP contribution in [0.1, 0.15) is 37.0 Å². The Bertz CT molecular complexity index is 932. The van der Waals surface area contributed by atoms with Gasteiger partial charge in [0.25, 0.3) is 0 Å². The van der Waals surface area contributed by atoms with E-state index in [9.17, 15) is 14.7 Å². The molecule has 0 bridgehead atoms. The Hall–Kier alpha value is -3.83. The van der Waals surface area contributed by atoms with Gasteiger partial charge in [0.1, 0.15) is 5.75 Å². The first-order chi connectivity index (χ1) is 14.9. The summed E-state index contributed by atoms with van der Waals surface area (Å²) >= 11 is 0. The van der Waals surface area contributed by atoms with Gasteiger partial charge >= 0.3 is 12.1 Å². The van der Waals surface area contributed by atoms with Crippen molar-refractivity contribution in [2.75, 3.05) is 11.9 Å². The van der Waals surface area contributed by atoms with Crippen LogP contribution in [0.4, 0.5) is 10.5 Å². The summed E-state index contributed by atoms with van der Waals surface area (Å²) in [6.07, 6.45) is 1.33. The maximum Gasteiger partial charge on any atom is 0.412 e. The number of phenols is 1. The van der Waals surface area contributed by atoms with E-state index in [1.807, 2.05) is 13.0 Å². The minimum atomic E-state index is -1.04. The molecule has 0 aliphatic rings. The van der Waals surface area contributed by atoms with Crippen LogP contribution in [0.3, 0.4) is 0 Å². The van der Waals surface area contributed by atoms with Gasteiger partial charge in [-0.05, 0) is 61.7 Å². The molecule has 162 valence electrons. The van der Waals surface area contributed by atoms with Crippen LogP contribution in [0.2, 0.25) is 0 Å². The number of benzene rings is 2. The van der Waals surface area contributed by atoms with Crippen molar-refractivity contribution in [1.82, 2.24) is 0 Å². The van der Waals surface area contributed by atoms with Gasteiger partial charge in [0.05, 0.1) is 17.7 Å². The number of allylic oxidation sites excluding steroid dienone is 1. The zero-order chi connectivity index (χ0) is 22.6. The number of hydrogen-bond donors (Lipinski definition) is 3. The number of carbonyl (C=O) groups is 2. The number of anilines is 1. The first-order valence-electron chi connectivity index (χ1n) is 9.70. The molecule has 0 unspecified atom stereocenters. The summed E-state index contributed by atoms with van der Waals surface area (Å²) in [5.41, 5.74) is 1.55. The van der Waals surface area contributed by atoms with Gasteiger partial charge in [-0.3, -0.25) is 5.32 Å². The average molecular weight is 424 g/mol. The standard InChI is InChI=1S/C23H24N2O6/c1-2-30-20(5-3-4-6-21(27)28)22(17-9-13-19(26)14-10-17)31-23(29)25-18-11-7-16(15-24)8-12-18/h4,6-14,20,22,26H,2-3,5H2,1H3,(H,25,29)(H,27,28)/b6-4+/t20-,22-/m0/s1. The quantitative estimate of drug-likeness (QED) is 0.483. The number of ether oxygens (including phenoxy) is 2. The number of rotatable bonds is 10. The van der Waals surface area contributed by atoms with Gasteiger partial charge in [-0.25, -0.2) is 9.59 Å². The fraction of sp³-hybridized carbons (Fsp3) is 0.261. The van der Waals surface area contributed by atoms with Gasteiger partial charge < -0.3 is 19.7 Å². The molecule has 31 heavy (non-hydrogen) atoms. The van der Waals surface area contributed by atoms with E-state index in [0.717, 1.165) is 6.08 Å². The lowest BCUT2D eigenvalue weighted by Crippen LogP contribution is -2.29. The number of amides is 1. The molecule has 0 spiro atoms. The zero-order valence-corrected chi connectivity index (χ0v) is 17.0. The summed E-state index contributed by atoms with van der Waals surface area (Å²) in [7, 11) is 0. The van der Waals surface area contributed by atoms with Crippen LogP contribution >= 0.6 is 0 Å². The maximum absolute atomic E-state index is 12.6. The number of aromatic hydroxyl groups is 1. The van der Waals surface area contributed by atoms with Crippen LogP contribution in [0.15, 0.2) is 60.7 Å². The Balaban J connectivity index is 2.18. The number of carboxylic acid groups (broad SMARTS) is 1. The maximum atomic E-state index is 12.6. The van der Waals surface area contributed by atoms with E-state index in [4.69, 9.17) is 19.8 Å². The minimum absolute atomic E-state index is 0.0712. The second-order valence-electron chi connectivity index (χ2n) is 6.54. The van der Waals surface area contributed by atoms with E-state index < -0.39 is 24.3 Å². The molecule has 2 aromatic rings. The largest absolute Gasteiger partial charge is 0.508 e. The van der Waals surface area contributed by atoms with Crippen molar-refractivity contribution in [3.8, 4) is 11.8 Å². The van der Waals surface area contributed by atoms with E-state index in [1.54, 1.807) is 36.4 Å². The highest BCUT2D eigenvalue weighted by Crippen LogP contribution is 2.29. The van der Waals surface area contributed by atoms with E-state index >= 15 is 0 Å². The number of phenolic OH excluding ortho intramolecular Hbond substituents is 1. The fourth-order valence-corrected chi connectivity index (χ4v) is 2.89. The van der Waals surface area contributed by atoms with E-state index in [-0.39, 0.29) is 5.75 Å². The number of carboxylic acids is 1. The van der Waals surface area contributed by atoms with Crippen LogP contribution in [-0.2, 0) is 14.3 Å². The molecule has 1 amide bonds. The predicted molar refractivity (Wildman–Crippen MR) is 114 cm³/mol. The summed E-state index contributed by atoms with van der Waals surface area (Å²) in [5.74, 6) is -0.969. The average Bonchev–Trinajstić information content (AvgIpc) is 2.75. The normalized spacial score (nSPS) is 12.6. The number of nitrogens with zero attached hydrogens (tertiary/aromatic N) is 1. The fourth-order valence-electron chi connectivity index (χ4n) is 2.89. The number of carbonyl (C=O) groups excluding carboxylic acids is 1. The van der Waals surface area contributed by atoms with Gasteiger partial charge in [-0.2, -0.15) is 5.26 Å². The van der Waals surface area contributed by atoms with Crippen molar-refractivity contribution in [1.29, 1.82) is 5.26 Å². The van der Waals surface area contributed by atoms with Crippen molar-refractivity contribution >= 4 is 17.7 Å². The Morgan fingerprint density at radius 1 is 1.16 bits per heavy atom. The molecule has 0 aliphatic heterocycles. The molecule has 0 radical (unpaired) electrons. The third kappa shape index (κ3) is 7.84. The Kier molecular flexibility index (Phi) is 9.08. The van der Waals surface area contributed by atoms with Crippen LogP contribution in [0.25, 0.3) is 0 Å². The highest BCUT2D eigenvalue weighted by Gasteiger charge is 2.27. The molecule has 2 aromatic carbocycles. The Labute approximate surface area is 180 Å². The van der Waals surface area contributed by atoms with Crippen LogP contribution < -0.4 is 5.32 Å². The summed E-state index contributed by atoms with van der Waals surface area (Å²) in [6.45, 7) is 2.17. The van der Waals surface area contributed by atoms with Crippen molar-refractivity contribution in [2.24, 2.45) is 0 Å². The van der Waals surface area contributed by atoms with Crippen molar-refractivity contribution in [3.05, 3.63) is 71.8 Å². The molecule has 0 saturated carbocycles. The summed E-state index contributed by atoms with van der Waals surface area (Å²) in [4.78, 5) is 23.2. The lowest BCUT2D eigenvalue weighted by molar-refractivity contribution is -0.131. The molecule has 2 atom stereocenters. The summed E-state index contributed by atoms with van der Waals surface area (Å²) < 4.78 is 11.5. The first kappa shape index (κ1) is 23.4. The molecule has 0 aromatic heterocycles. The topological polar surface area (TPSA) is 129 Å². The lowest BCUT2D eigenvalue weighted by atomic mass is 10.00. The molecule has 0 fully saturated rings. The highest BCUT2D eigenvalue weighted by molar-refractivity contribution is 5.84. The van der Waals surface area contributed by atoms with E-state index in [2.05, 4.69) is 5.32 Å². The van der Waals surface area contributed by atoms with E-state index in [1.165, 1.54) is 18.2 Å². The summed E-state index contributed by atoms with van der Waals surface area (Å²) in [6, 6.07) is 14.6. The van der Waals surface area contributed by atoms with Gasteiger partial charge in [0, 0.05) is 18.4 Å². The second kappa shape index (κ2) is 12.0. The van der Waals surface area contributed by atoms with Crippen LogP contribution in [0, 0.1) is 11.3 Å². The Morgan fingerprint density at radius 2 is 1.84 bits per heavy atom. The molecule has 0 heterocycles. The van der Waals surface area contributed by atoms with Crippen molar-refractivity contribution in [3.63, 3.8) is 0 Å². The van der Waals surface area contributed by atoms with Gasteiger partial charge in [0.15, 0.2) is 6.10 Å². The second-order valence-corrected chi connectivity index (χ2v) is 6.54. The van der Waals surface area contributed by atoms with Crippen molar-refractivity contribution < 1.29 is 29.3 Å². The van der Waals surface area contributed by atoms with Crippen molar-refractivity contribution in [2.45, 2.75) is 32.0 Å². The molecule has 0 saturated heterocycles. The molecule has 2 rings (SSSR count). The number of aliphatic carboxylic acids is 1. The van der Waals surface area contributed by atoms with Gasteiger partial charge in [0.2, 0.25) is 0 Å². The highest BCUT2D eigenvalue weighted by atomic mass is 16.6. The van der Waals surface area contributed by atoms with Gasteiger partial charge in [-0.1, -0.05) is 18.2 Å². The number of hydrogen-bond acceptors (Lipinski definition) is 6. The zero-order valence-electron chi connectivity index (χ0n) is 17.0. The number of nitriles is 1. The third-order valence-electron chi connectivity index (χ3n) is 4.31. The molecule has 8 nitrogen and oxygen atoms in total. The molecule has 0 aliphatic carbocycles. The Morgan fingerprint density at radius 3 is 2.42 bits per heavy atom. The monoisotopic (exact) mass is 424 g/mol. The smallest absolute Gasteiger partial charge is 0.412 e. The molecule has 8 heteroatoms.